The van der Waals surface area contributed by atoms with Crippen LogP contribution in [0.3, 0.4) is 0 Å². The number of carbonyl (C=O) groups excluding carboxylic acids is 2. The first-order valence-electron chi connectivity index (χ1n) is 5.84. The molecule has 0 fully saturated rings. The highest BCUT2D eigenvalue weighted by atomic mass is 32.1. The van der Waals surface area contributed by atoms with E-state index in [0.717, 1.165) is 0 Å². The second-order valence-corrected chi connectivity index (χ2v) is 4.45. The molecule has 0 aromatic rings. The Hall–Kier alpha value is -1.85. The summed E-state index contributed by atoms with van der Waals surface area (Å²) in [7, 11) is 0. The molecule has 0 aliphatic carbocycles. The highest BCUT2D eigenvalue weighted by Gasteiger charge is 2.28. The largest absolute Gasteiger partial charge is 0.481 e. The summed E-state index contributed by atoms with van der Waals surface area (Å²) in [6.45, 7) is -0.193. The van der Waals surface area contributed by atoms with E-state index in [0.29, 0.717) is 0 Å². The van der Waals surface area contributed by atoms with Crippen molar-refractivity contribution in [2.24, 2.45) is 11.5 Å². The molecule has 0 rings (SSSR count). The number of hydrogen-bond acceptors (Lipinski definition) is 7. The highest BCUT2D eigenvalue weighted by Crippen LogP contribution is 1.97. The summed E-state index contributed by atoms with van der Waals surface area (Å²) in [4.78, 5) is 44.9. The number of carboxylic acid groups (broad SMARTS) is 2. The zero-order valence-electron chi connectivity index (χ0n) is 11.0. The third kappa shape index (κ3) is 6.92. The van der Waals surface area contributed by atoms with Gasteiger partial charge in [0.1, 0.15) is 12.1 Å². The molecule has 0 radical (unpaired) electrons. The molecule has 0 heterocycles. The van der Waals surface area contributed by atoms with E-state index in [1.807, 2.05) is 0 Å². The van der Waals surface area contributed by atoms with Crippen molar-refractivity contribution in [3.8, 4) is 0 Å². The van der Waals surface area contributed by atoms with Gasteiger partial charge in [-0.2, -0.15) is 12.6 Å². The van der Waals surface area contributed by atoms with E-state index in [2.05, 4.69) is 23.3 Å². The smallest absolute Gasteiger partial charge is 0.327 e. The van der Waals surface area contributed by atoms with E-state index in [1.165, 1.54) is 0 Å². The van der Waals surface area contributed by atoms with Crippen molar-refractivity contribution in [3.05, 3.63) is 0 Å². The zero-order chi connectivity index (χ0) is 16.6. The predicted molar refractivity (Wildman–Crippen MR) is 74.6 cm³/mol. The van der Waals surface area contributed by atoms with E-state index in [9.17, 15) is 19.2 Å². The van der Waals surface area contributed by atoms with Gasteiger partial charge in [0, 0.05) is 12.3 Å². The minimum absolute atomic E-state index is 0.193. The van der Waals surface area contributed by atoms with Crippen molar-refractivity contribution in [1.82, 2.24) is 10.6 Å². The van der Waals surface area contributed by atoms with Gasteiger partial charge in [-0.1, -0.05) is 0 Å². The third-order valence-electron chi connectivity index (χ3n) is 2.40. The lowest BCUT2D eigenvalue weighted by molar-refractivity contribution is -0.142. The lowest BCUT2D eigenvalue weighted by Gasteiger charge is -2.20. The number of hydrogen-bond donors (Lipinski definition) is 7. The van der Waals surface area contributed by atoms with Crippen molar-refractivity contribution in [3.63, 3.8) is 0 Å². The fourth-order valence-corrected chi connectivity index (χ4v) is 1.47. The summed E-state index contributed by atoms with van der Waals surface area (Å²) >= 11 is 3.75. The van der Waals surface area contributed by atoms with E-state index in [-0.39, 0.29) is 12.3 Å². The van der Waals surface area contributed by atoms with Crippen LogP contribution in [0.25, 0.3) is 0 Å². The first-order chi connectivity index (χ1) is 9.72. The Morgan fingerprint density at radius 2 is 1.57 bits per heavy atom. The maximum Gasteiger partial charge on any atom is 0.327 e. The van der Waals surface area contributed by atoms with Crippen LogP contribution < -0.4 is 22.1 Å². The first kappa shape index (κ1) is 19.1. The van der Waals surface area contributed by atoms with Crippen LogP contribution in [-0.2, 0) is 19.2 Å². The highest BCUT2D eigenvalue weighted by molar-refractivity contribution is 7.80. The average molecular weight is 322 g/mol. The lowest BCUT2D eigenvalue weighted by Crippen LogP contribution is -2.56. The molecular formula is C10H18N4O6S. The molecule has 0 aromatic heterocycles. The molecule has 0 aliphatic rings. The molecular weight excluding hydrogens is 304 g/mol. The first-order valence-corrected chi connectivity index (χ1v) is 6.48. The Morgan fingerprint density at radius 1 is 1.05 bits per heavy atom. The van der Waals surface area contributed by atoms with Gasteiger partial charge < -0.3 is 32.3 Å². The molecule has 3 unspecified atom stereocenters. The molecule has 21 heavy (non-hydrogen) atoms. The molecule has 0 bridgehead atoms. The van der Waals surface area contributed by atoms with E-state index >= 15 is 0 Å². The second kappa shape index (κ2) is 9.15. The van der Waals surface area contributed by atoms with Crippen LogP contribution in [0.4, 0.5) is 0 Å². The number of nitrogens with two attached hydrogens (primary N) is 2. The summed E-state index contributed by atoms with van der Waals surface area (Å²) < 4.78 is 0. The van der Waals surface area contributed by atoms with Crippen molar-refractivity contribution in [2.45, 2.75) is 24.5 Å². The topological polar surface area (TPSA) is 185 Å². The van der Waals surface area contributed by atoms with Crippen LogP contribution in [0.1, 0.15) is 6.42 Å². The summed E-state index contributed by atoms with van der Waals surface area (Å²) in [6, 6.07) is -3.87. The fraction of sp³-hybridized carbons (Fsp3) is 0.600. The van der Waals surface area contributed by atoms with Crippen LogP contribution in [0.2, 0.25) is 0 Å². The number of nitrogens with one attached hydrogen (secondary N) is 2. The second-order valence-electron chi connectivity index (χ2n) is 4.08. The van der Waals surface area contributed by atoms with Gasteiger partial charge in [-0.05, 0) is 0 Å². The minimum Gasteiger partial charge on any atom is -0.481 e. The number of amides is 2. The normalized spacial score (nSPS) is 14.6. The molecule has 11 heteroatoms. The summed E-state index contributed by atoms with van der Waals surface area (Å²) in [5.41, 5.74) is 10.5. The van der Waals surface area contributed by atoms with Crippen molar-refractivity contribution in [1.29, 1.82) is 0 Å². The molecule has 0 aliphatic heterocycles. The maximum absolute atomic E-state index is 11.8. The van der Waals surface area contributed by atoms with Gasteiger partial charge in [0.25, 0.3) is 0 Å². The Kier molecular flexibility index (Phi) is 8.35. The average Bonchev–Trinajstić information content (AvgIpc) is 2.41. The van der Waals surface area contributed by atoms with Gasteiger partial charge in [0.15, 0.2) is 0 Å². The SMILES string of the molecule is NCC(N)C(=O)NC(CC(=O)O)C(=O)NC(CS)C(=O)O. The fourth-order valence-electron chi connectivity index (χ4n) is 1.23. The van der Waals surface area contributed by atoms with Gasteiger partial charge in [0.05, 0.1) is 12.5 Å². The molecule has 3 atom stereocenters. The Morgan fingerprint density at radius 3 is 1.95 bits per heavy atom. The Balaban J connectivity index is 4.88. The van der Waals surface area contributed by atoms with Crippen LogP contribution in [0, 0.1) is 0 Å². The number of thiol groups is 1. The van der Waals surface area contributed by atoms with Gasteiger partial charge in [0.2, 0.25) is 11.8 Å². The molecule has 10 nitrogen and oxygen atoms in total. The number of aliphatic carboxylic acids is 2. The lowest BCUT2D eigenvalue weighted by atomic mass is 10.1. The van der Waals surface area contributed by atoms with Crippen molar-refractivity contribution in [2.75, 3.05) is 12.3 Å². The van der Waals surface area contributed by atoms with Gasteiger partial charge in [-0.15, -0.1) is 0 Å². The van der Waals surface area contributed by atoms with Crippen molar-refractivity contribution >= 4 is 36.4 Å². The predicted octanol–water partition coefficient (Wildman–Crippen LogP) is -3.27. The molecule has 0 saturated carbocycles. The Labute approximate surface area is 125 Å². The zero-order valence-corrected chi connectivity index (χ0v) is 11.9. The van der Waals surface area contributed by atoms with Crippen LogP contribution in [0.15, 0.2) is 0 Å². The molecule has 120 valence electrons. The van der Waals surface area contributed by atoms with E-state index < -0.39 is 48.3 Å². The molecule has 0 aromatic carbocycles. The summed E-state index contributed by atoms with van der Waals surface area (Å²) in [5.74, 6) is -4.66. The number of rotatable bonds is 9. The molecule has 2 amide bonds. The van der Waals surface area contributed by atoms with Gasteiger partial charge >= 0.3 is 11.9 Å². The summed E-state index contributed by atoms with van der Waals surface area (Å²) in [5, 5.41) is 21.7. The van der Waals surface area contributed by atoms with Crippen LogP contribution in [0.5, 0.6) is 0 Å². The molecule has 0 saturated heterocycles. The third-order valence-corrected chi connectivity index (χ3v) is 2.76. The number of carbonyl (C=O) groups is 4. The van der Waals surface area contributed by atoms with Crippen molar-refractivity contribution < 1.29 is 29.4 Å². The quantitative estimate of drug-likeness (QED) is 0.215. The minimum atomic E-state index is -1.46. The van der Waals surface area contributed by atoms with E-state index in [4.69, 9.17) is 21.7 Å². The van der Waals surface area contributed by atoms with Gasteiger partial charge in [-0.25, -0.2) is 4.79 Å². The van der Waals surface area contributed by atoms with Gasteiger partial charge in [-0.3, -0.25) is 14.4 Å². The van der Waals surface area contributed by atoms with E-state index in [1.54, 1.807) is 0 Å². The van der Waals surface area contributed by atoms with Crippen LogP contribution >= 0.6 is 12.6 Å². The van der Waals surface area contributed by atoms with Crippen LogP contribution in [-0.4, -0.2) is 64.4 Å². The number of carboxylic acids is 2. The Bertz CT molecular complexity index is 418. The maximum atomic E-state index is 11.8. The summed E-state index contributed by atoms with van der Waals surface area (Å²) in [6.07, 6.45) is -0.728. The monoisotopic (exact) mass is 322 g/mol. The molecule has 0 spiro atoms. The molecule has 8 N–H and O–H groups in total. The standard InChI is InChI=1S/C10H18N4O6S/c11-2-4(12)8(17)13-5(1-7(15)16)9(18)14-6(3-21)10(19)20/h4-6,21H,1-3,11-12H2,(H,13,17)(H,14,18)(H,15,16)(H,19,20).